The molecule has 2 aromatic rings. The van der Waals surface area contributed by atoms with Crippen molar-refractivity contribution >= 4 is 17.4 Å². The van der Waals surface area contributed by atoms with Gasteiger partial charge in [-0.25, -0.2) is 4.39 Å². The molecule has 0 bridgehead atoms. The highest BCUT2D eigenvalue weighted by molar-refractivity contribution is 6.46. The third kappa shape index (κ3) is 4.08. The van der Waals surface area contributed by atoms with Gasteiger partial charge in [0.15, 0.2) is 0 Å². The average Bonchev–Trinajstić information content (AvgIpc) is 2.99. The molecule has 0 saturated carbocycles. The number of aliphatic hydroxyl groups excluding tert-OH is 1. The number of carbonyl (C=O) groups is 2. The summed E-state index contributed by atoms with van der Waals surface area (Å²) in [6.45, 7) is 6.49. The summed E-state index contributed by atoms with van der Waals surface area (Å²) in [4.78, 5) is 27.0. The first-order valence-electron chi connectivity index (χ1n) is 10.2. The summed E-state index contributed by atoms with van der Waals surface area (Å²) in [6, 6.07) is 10.6. The Hall–Kier alpha value is -3.15. The predicted molar refractivity (Wildman–Crippen MR) is 113 cm³/mol. The maximum atomic E-state index is 13.7. The number of carbonyl (C=O) groups excluding carboxylic acids is 2. The van der Waals surface area contributed by atoms with Crippen molar-refractivity contribution in [2.24, 2.45) is 0 Å². The second-order valence-corrected chi connectivity index (χ2v) is 7.37. The van der Waals surface area contributed by atoms with Gasteiger partial charge < -0.3 is 14.7 Å². The van der Waals surface area contributed by atoms with Gasteiger partial charge in [-0.2, -0.15) is 0 Å². The minimum Gasteiger partial charge on any atom is -0.507 e. The van der Waals surface area contributed by atoms with Gasteiger partial charge in [0, 0.05) is 12.1 Å². The van der Waals surface area contributed by atoms with Crippen LogP contribution < -0.4 is 4.74 Å². The fourth-order valence-corrected chi connectivity index (χ4v) is 3.61. The molecular formula is C24H26FNO4. The lowest BCUT2D eigenvalue weighted by atomic mass is 9.94. The number of ether oxygens (including phenoxy) is 1. The van der Waals surface area contributed by atoms with Gasteiger partial charge in [0.2, 0.25) is 0 Å². The Kier molecular flexibility index (Phi) is 6.55. The van der Waals surface area contributed by atoms with Crippen LogP contribution in [0.3, 0.4) is 0 Å². The topological polar surface area (TPSA) is 66.8 Å². The zero-order valence-corrected chi connectivity index (χ0v) is 17.4. The first-order chi connectivity index (χ1) is 14.4. The number of benzene rings is 2. The van der Waals surface area contributed by atoms with Gasteiger partial charge >= 0.3 is 0 Å². The summed E-state index contributed by atoms with van der Waals surface area (Å²) in [7, 11) is 0. The largest absolute Gasteiger partial charge is 0.507 e. The molecule has 1 aliphatic rings. The average molecular weight is 411 g/mol. The van der Waals surface area contributed by atoms with Crippen molar-refractivity contribution in [1.82, 2.24) is 4.90 Å². The molecule has 158 valence electrons. The van der Waals surface area contributed by atoms with Gasteiger partial charge in [-0.15, -0.1) is 0 Å². The second-order valence-electron chi connectivity index (χ2n) is 7.37. The van der Waals surface area contributed by atoms with E-state index in [2.05, 4.69) is 0 Å². The molecule has 3 rings (SSSR count). The van der Waals surface area contributed by atoms with E-state index in [1.54, 1.807) is 31.2 Å². The van der Waals surface area contributed by atoms with Crippen LogP contribution in [0.1, 0.15) is 49.4 Å². The van der Waals surface area contributed by atoms with E-state index in [-0.39, 0.29) is 11.3 Å². The molecule has 0 aromatic heterocycles. The van der Waals surface area contributed by atoms with Crippen LogP contribution in [0.5, 0.6) is 5.75 Å². The Morgan fingerprint density at radius 3 is 2.40 bits per heavy atom. The van der Waals surface area contributed by atoms with Gasteiger partial charge in [0.25, 0.3) is 11.7 Å². The van der Waals surface area contributed by atoms with Crippen LogP contribution in [0, 0.1) is 12.7 Å². The van der Waals surface area contributed by atoms with Crippen LogP contribution >= 0.6 is 0 Å². The number of Topliss-reactive ketones (excluding diaryl/α,β-unsaturated/α-hetero) is 1. The number of aryl methyl sites for hydroxylation is 1. The number of nitrogens with zero attached hydrogens (tertiary/aromatic N) is 1. The SMILES string of the molecule is CCCOc1ccc(C2/C(=C(/O)c3ccc(F)c(C)c3)C(=O)C(=O)N2CCC)cc1. The number of hydrogen-bond donors (Lipinski definition) is 1. The molecule has 30 heavy (non-hydrogen) atoms. The highest BCUT2D eigenvalue weighted by Crippen LogP contribution is 2.40. The van der Waals surface area contributed by atoms with Crippen molar-refractivity contribution in [3.05, 3.63) is 70.5 Å². The lowest BCUT2D eigenvalue weighted by molar-refractivity contribution is -0.139. The Morgan fingerprint density at radius 1 is 1.10 bits per heavy atom. The molecule has 1 aliphatic heterocycles. The molecule has 1 unspecified atom stereocenters. The molecule has 1 saturated heterocycles. The monoisotopic (exact) mass is 411 g/mol. The predicted octanol–water partition coefficient (Wildman–Crippen LogP) is 4.75. The molecule has 1 fully saturated rings. The number of hydrogen-bond acceptors (Lipinski definition) is 4. The van der Waals surface area contributed by atoms with Crippen LogP contribution in [-0.4, -0.2) is 34.8 Å². The third-order valence-electron chi connectivity index (χ3n) is 5.10. The quantitative estimate of drug-likeness (QED) is 0.405. The van der Waals surface area contributed by atoms with E-state index < -0.39 is 23.5 Å². The van der Waals surface area contributed by atoms with E-state index in [4.69, 9.17) is 4.74 Å². The minimum absolute atomic E-state index is 0.0154. The first kappa shape index (κ1) is 21.6. The zero-order valence-electron chi connectivity index (χ0n) is 17.4. The zero-order chi connectivity index (χ0) is 21.8. The molecule has 0 radical (unpaired) electrons. The molecular weight excluding hydrogens is 385 g/mol. The summed E-state index contributed by atoms with van der Waals surface area (Å²) in [5.74, 6) is -1.39. The summed E-state index contributed by atoms with van der Waals surface area (Å²) >= 11 is 0. The molecule has 0 aliphatic carbocycles. The standard InChI is InChI=1S/C24H26FNO4/c1-4-12-26-21(16-6-9-18(10-7-16)30-13-5-2)20(23(28)24(26)29)22(27)17-8-11-19(25)15(3)14-17/h6-11,14,21,27H,4-5,12-13H2,1-3H3/b22-20-. The fraction of sp³-hybridized carbons (Fsp3) is 0.333. The molecule has 1 N–H and O–H groups in total. The lowest BCUT2D eigenvalue weighted by Crippen LogP contribution is -2.30. The number of likely N-dealkylation sites (tertiary alicyclic amines) is 1. The smallest absolute Gasteiger partial charge is 0.295 e. The molecule has 0 spiro atoms. The van der Waals surface area contributed by atoms with Crippen molar-refractivity contribution in [2.45, 2.75) is 39.7 Å². The molecule has 1 atom stereocenters. The molecule has 6 heteroatoms. The summed E-state index contributed by atoms with van der Waals surface area (Å²) in [6.07, 6.45) is 1.55. The lowest BCUT2D eigenvalue weighted by Gasteiger charge is -2.25. The Morgan fingerprint density at radius 2 is 1.80 bits per heavy atom. The molecule has 1 heterocycles. The van der Waals surface area contributed by atoms with Crippen LogP contribution in [0.25, 0.3) is 5.76 Å². The van der Waals surface area contributed by atoms with Crippen molar-refractivity contribution < 1.29 is 23.8 Å². The van der Waals surface area contributed by atoms with Crippen LogP contribution in [0.15, 0.2) is 48.0 Å². The Bertz CT molecular complexity index is 981. The summed E-state index contributed by atoms with van der Waals surface area (Å²) in [5, 5.41) is 10.9. The van der Waals surface area contributed by atoms with Gasteiger partial charge in [-0.05, 0) is 61.2 Å². The van der Waals surface area contributed by atoms with Gasteiger partial charge in [-0.1, -0.05) is 26.0 Å². The van der Waals surface area contributed by atoms with E-state index in [9.17, 15) is 19.1 Å². The van der Waals surface area contributed by atoms with Crippen molar-refractivity contribution in [2.75, 3.05) is 13.2 Å². The molecule has 5 nitrogen and oxygen atoms in total. The fourth-order valence-electron chi connectivity index (χ4n) is 3.61. The highest BCUT2D eigenvalue weighted by Gasteiger charge is 2.45. The van der Waals surface area contributed by atoms with Crippen molar-refractivity contribution in [1.29, 1.82) is 0 Å². The number of halogens is 1. The van der Waals surface area contributed by atoms with Gasteiger partial charge in [0.05, 0.1) is 18.2 Å². The number of amides is 1. The summed E-state index contributed by atoms with van der Waals surface area (Å²) in [5.41, 5.74) is 1.36. The van der Waals surface area contributed by atoms with E-state index in [1.807, 2.05) is 13.8 Å². The van der Waals surface area contributed by atoms with Gasteiger partial charge in [0.1, 0.15) is 17.3 Å². The normalized spacial score (nSPS) is 18.1. The van der Waals surface area contributed by atoms with E-state index >= 15 is 0 Å². The number of aliphatic hydroxyl groups is 1. The Balaban J connectivity index is 2.10. The van der Waals surface area contributed by atoms with Crippen molar-refractivity contribution in [3.8, 4) is 5.75 Å². The number of ketones is 1. The van der Waals surface area contributed by atoms with Crippen molar-refractivity contribution in [3.63, 3.8) is 0 Å². The Labute approximate surface area is 175 Å². The maximum absolute atomic E-state index is 13.7. The molecule has 2 aromatic carbocycles. The third-order valence-corrected chi connectivity index (χ3v) is 5.10. The van der Waals surface area contributed by atoms with E-state index in [0.29, 0.717) is 42.0 Å². The van der Waals surface area contributed by atoms with Crippen LogP contribution in [-0.2, 0) is 9.59 Å². The maximum Gasteiger partial charge on any atom is 0.295 e. The summed E-state index contributed by atoms with van der Waals surface area (Å²) < 4.78 is 19.3. The van der Waals surface area contributed by atoms with E-state index in [1.165, 1.54) is 23.1 Å². The second kappa shape index (κ2) is 9.11. The minimum atomic E-state index is -0.737. The van der Waals surface area contributed by atoms with E-state index in [0.717, 1.165) is 6.42 Å². The highest BCUT2D eigenvalue weighted by atomic mass is 19.1. The first-order valence-corrected chi connectivity index (χ1v) is 10.2. The van der Waals surface area contributed by atoms with Crippen LogP contribution in [0.4, 0.5) is 4.39 Å². The number of rotatable bonds is 7. The van der Waals surface area contributed by atoms with Gasteiger partial charge in [-0.3, -0.25) is 9.59 Å². The van der Waals surface area contributed by atoms with Crippen LogP contribution in [0.2, 0.25) is 0 Å². The molecule has 1 amide bonds.